The number of nitrogens with zero attached hydrogens (tertiary/aromatic N) is 3. The predicted molar refractivity (Wildman–Crippen MR) is 219 cm³/mol. The summed E-state index contributed by atoms with van der Waals surface area (Å²) in [5, 5.41) is 6.10. The minimum absolute atomic E-state index is 0.0342. The van der Waals surface area contributed by atoms with Gasteiger partial charge in [-0.15, -0.1) is 0 Å². The second-order valence-electron chi connectivity index (χ2n) is 16.8. The summed E-state index contributed by atoms with van der Waals surface area (Å²) in [7, 11) is -3.93. The minimum Gasteiger partial charge on any atom is -0.470 e. The van der Waals surface area contributed by atoms with E-state index in [1.54, 1.807) is 39.0 Å². The van der Waals surface area contributed by atoms with E-state index in [1.807, 2.05) is 42.5 Å². The summed E-state index contributed by atoms with van der Waals surface area (Å²) < 4.78 is 46.4. The van der Waals surface area contributed by atoms with Gasteiger partial charge in [-0.05, 0) is 77.5 Å². The van der Waals surface area contributed by atoms with Crippen LogP contribution in [0.1, 0.15) is 78.6 Å². The maximum absolute atomic E-state index is 14.7. The monoisotopic (exact) mass is 846 g/mol. The molecule has 2 aromatic carbocycles. The highest BCUT2D eigenvalue weighted by atomic mass is 35.5. The van der Waals surface area contributed by atoms with Crippen LogP contribution in [0.5, 0.6) is 5.88 Å². The molecule has 4 aromatic rings. The number of amides is 4. The van der Waals surface area contributed by atoms with Gasteiger partial charge in [0.25, 0.3) is 11.8 Å². The number of alkyl carbamates (subject to hydrolysis) is 1. The highest BCUT2D eigenvalue weighted by molar-refractivity contribution is 7.91. The molecular weight excluding hydrogens is 800 g/mol. The molecule has 2 saturated carbocycles. The molecule has 0 radical (unpaired) electrons. The predicted octanol–water partition coefficient (Wildman–Crippen LogP) is 5.94. The fraction of sp³-hybridized carbons (Fsp3) is 0.476. The first-order valence-corrected chi connectivity index (χ1v) is 22.0. The molecule has 5 atom stereocenters. The van der Waals surface area contributed by atoms with Gasteiger partial charge in [0.15, 0.2) is 5.82 Å². The molecule has 3 N–H and O–H groups in total. The number of halogens is 1. The van der Waals surface area contributed by atoms with E-state index in [2.05, 4.69) is 15.4 Å². The molecule has 0 unspecified atom stereocenters. The number of nitrogens with one attached hydrogen (secondary N) is 3. The molecule has 59 heavy (non-hydrogen) atoms. The number of benzene rings is 2. The van der Waals surface area contributed by atoms with Crippen molar-refractivity contribution in [2.75, 3.05) is 6.54 Å². The van der Waals surface area contributed by atoms with Crippen molar-refractivity contribution in [3.8, 4) is 17.3 Å². The van der Waals surface area contributed by atoms with Crippen molar-refractivity contribution in [1.29, 1.82) is 0 Å². The second-order valence-corrected chi connectivity index (χ2v) is 19.2. The quantitative estimate of drug-likeness (QED) is 0.186. The Labute approximate surface area is 346 Å². The number of carbonyl (C=O) groups excluding carboxylic acids is 4. The molecule has 1 saturated heterocycles. The van der Waals surface area contributed by atoms with Crippen molar-refractivity contribution < 1.29 is 41.5 Å². The van der Waals surface area contributed by atoms with Crippen LogP contribution >= 0.6 is 11.6 Å². The first kappa shape index (κ1) is 40.6. The Hall–Kier alpha value is -5.22. The lowest BCUT2D eigenvalue weighted by Gasteiger charge is -2.30. The van der Waals surface area contributed by atoms with Crippen LogP contribution in [0.3, 0.4) is 0 Å². The highest BCUT2D eigenvalue weighted by Gasteiger charge is 2.62. The maximum Gasteiger partial charge on any atom is 0.408 e. The van der Waals surface area contributed by atoms with Gasteiger partial charge in [0.1, 0.15) is 40.4 Å². The van der Waals surface area contributed by atoms with Crippen molar-refractivity contribution in [3.05, 3.63) is 65.7 Å². The molecule has 4 amide bonds. The lowest BCUT2D eigenvalue weighted by atomic mass is 10.0. The van der Waals surface area contributed by atoms with Gasteiger partial charge in [0.2, 0.25) is 27.4 Å². The van der Waals surface area contributed by atoms with Crippen LogP contribution in [0.25, 0.3) is 33.5 Å². The molecule has 3 fully saturated rings. The van der Waals surface area contributed by atoms with E-state index >= 15 is 0 Å². The molecule has 0 spiro atoms. The standard InChI is InChI=1S/C42H47ClN6O9S/c1-41(2,3)58-40(53)44-30-15-11-6-4-5-10-14-25-22-42(25,39(52)48-59(54,55)28-17-18-28)47-36(50)31-21-27(23-49(31)38(30)51)56-37-34-33(29-20-26(43)16-19-32(29)57-34)45-35(46-37)24-12-8-7-9-13-24/h7-10,12-14,16,19-20,25,27-28,30-31H,4-6,11,15,17-18,21-23H2,1-3H3,(H,44,53)(H,47,50)(H,48,52)/b14-10-/t25-,27-,30+,31+,42-/m1/s1. The number of aromatic nitrogens is 2. The Kier molecular flexibility index (Phi) is 10.8. The molecule has 312 valence electrons. The van der Waals surface area contributed by atoms with Crippen molar-refractivity contribution in [3.63, 3.8) is 0 Å². The third kappa shape index (κ3) is 8.74. The smallest absolute Gasteiger partial charge is 0.408 e. The lowest BCUT2D eigenvalue weighted by Crippen LogP contribution is -2.58. The van der Waals surface area contributed by atoms with Gasteiger partial charge in [-0.2, -0.15) is 4.98 Å². The number of furan rings is 1. The molecule has 2 aliphatic carbocycles. The SMILES string of the molecule is CC(C)(C)OC(=O)N[C@H]1CCCCC/C=C\[C@@H]2C[C@@]2(C(=O)NS(=O)(=O)C2CC2)NC(=O)[C@@H]2C[C@@H](Oc3nc(-c4ccccc4)nc4c3oc3ccc(Cl)cc34)CN2C1=O. The number of sulfonamides is 1. The zero-order valence-corrected chi connectivity index (χ0v) is 34.6. The zero-order chi connectivity index (χ0) is 41.7. The third-order valence-electron chi connectivity index (χ3n) is 11.1. The molecule has 2 aliphatic heterocycles. The Morgan fingerprint density at radius 3 is 2.56 bits per heavy atom. The summed E-state index contributed by atoms with van der Waals surface area (Å²) in [6.45, 7) is 5.06. The number of ether oxygens (including phenoxy) is 2. The van der Waals surface area contributed by atoms with Crippen molar-refractivity contribution in [2.45, 2.75) is 113 Å². The van der Waals surface area contributed by atoms with Gasteiger partial charge < -0.3 is 29.4 Å². The second kappa shape index (κ2) is 15.8. The van der Waals surface area contributed by atoms with Gasteiger partial charge in [-0.3, -0.25) is 19.1 Å². The molecular formula is C42H47ClN6O9S. The van der Waals surface area contributed by atoms with Crippen LogP contribution in [-0.4, -0.2) is 88.2 Å². The lowest BCUT2D eigenvalue weighted by molar-refractivity contribution is -0.141. The van der Waals surface area contributed by atoms with E-state index in [-0.39, 0.29) is 37.3 Å². The minimum atomic E-state index is -3.93. The maximum atomic E-state index is 14.7. The van der Waals surface area contributed by atoms with Gasteiger partial charge in [-0.25, -0.2) is 18.2 Å². The van der Waals surface area contributed by atoms with Crippen LogP contribution in [0.4, 0.5) is 4.79 Å². The summed E-state index contributed by atoms with van der Waals surface area (Å²) in [5.41, 5.74) is -0.473. The van der Waals surface area contributed by atoms with Crippen LogP contribution in [0.15, 0.2) is 65.1 Å². The van der Waals surface area contributed by atoms with E-state index in [4.69, 9.17) is 35.5 Å². The molecule has 17 heteroatoms. The van der Waals surface area contributed by atoms with Gasteiger partial charge in [0.05, 0.1) is 11.8 Å². The Morgan fingerprint density at radius 2 is 1.81 bits per heavy atom. The largest absolute Gasteiger partial charge is 0.470 e. The summed E-state index contributed by atoms with van der Waals surface area (Å²) in [5.74, 6) is -2.04. The van der Waals surface area contributed by atoms with Crippen molar-refractivity contribution >= 4 is 67.5 Å². The number of carbonyl (C=O) groups is 4. The molecule has 4 aliphatic rings. The normalized spacial score (nSPS) is 25.9. The van der Waals surface area contributed by atoms with E-state index in [0.717, 1.165) is 12.8 Å². The number of fused-ring (bicyclic) bond motifs is 5. The third-order valence-corrected chi connectivity index (χ3v) is 13.1. The highest BCUT2D eigenvalue weighted by Crippen LogP contribution is 2.46. The first-order valence-electron chi connectivity index (χ1n) is 20.1. The molecule has 8 rings (SSSR count). The van der Waals surface area contributed by atoms with Crippen LogP contribution in [0.2, 0.25) is 5.02 Å². The average molecular weight is 847 g/mol. The topological polar surface area (TPSA) is 199 Å². The van der Waals surface area contributed by atoms with Crippen molar-refractivity contribution in [2.24, 2.45) is 5.92 Å². The summed E-state index contributed by atoms with van der Waals surface area (Å²) >= 11 is 6.38. The van der Waals surface area contributed by atoms with Gasteiger partial charge >= 0.3 is 6.09 Å². The Morgan fingerprint density at radius 1 is 1.03 bits per heavy atom. The molecule has 2 aromatic heterocycles. The number of hydrogen-bond donors (Lipinski definition) is 3. The van der Waals surface area contributed by atoms with Gasteiger partial charge in [-0.1, -0.05) is 66.9 Å². The van der Waals surface area contributed by atoms with E-state index in [0.29, 0.717) is 58.6 Å². The van der Waals surface area contributed by atoms with Gasteiger partial charge in [0, 0.05) is 28.3 Å². The summed E-state index contributed by atoms with van der Waals surface area (Å²) in [6, 6.07) is 12.2. The van der Waals surface area contributed by atoms with Crippen LogP contribution < -0.4 is 20.1 Å². The van der Waals surface area contributed by atoms with Crippen LogP contribution in [-0.2, 0) is 29.1 Å². The molecule has 4 heterocycles. The average Bonchev–Trinajstić information content (AvgIpc) is 4.08. The summed E-state index contributed by atoms with van der Waals surface area (Å²) in [6.07, 6.45) is 6.30. The fourth-order valence-corrected chi connectivity index (χ4v) is 9.38. The fourth-order valence-electron chi connectivity index (χ4n) is 7.84. The Bertz CT molecular complexity index is 2450. The van der Waals surface area contributed by atoms with E-state index in [1.165, 1.54) is 4.90 Å². The van der Waals surface area contributed by atoms with E-state index < -0.39 is 74.3 Å². The summed E-state index contributed by atoms with van der Waals surface area (Å²) in [4.78, 5) is 67.1. The number of hydrogen-bond acceptors (Lipinski definition) is 11. The Balaban J connectivity index is 1.15. The van der Waals surface area contributed by atoms with Crippen molar-refractivity contribution in [1.82, 2.24) is 30.2 Å². The molecule has 15 nitrogen and oxygen atoms in total. The molecule has 0 bridgehead atoms. The van der Waals surface area contributed by atoms with Crippen LogP contribution in [0, 0.1) is 5.92 Å². The zero-order valence-electron chi connectivity index (χ0n) is 33.0. The number of allylic oxidation sites excluding steroid dienone is 1. The first-order chi connectivity index (χ1) is 28.1. The number of rotatable bonds is 7. The van der Waals surface area contributed by atoms with E-state index in [9.17, 15) is 27.6 Å².